The molecule has 3 unspecified atom stereocenters. The molecule has 0 radical (unpaired) electrons. The normalized spacial score (nSPS) is 35.6. The zero-order valence-corrected chi connectivity index (χ0v) is 19.7. The Morgan fingerprint density at radius 2 is 1.73 bits per heavy atom. The molecule has 6 atom stereocenters. The molecular formula is C26H34O7. The van der Waals surface area contributed by atoms with E-state index in [9.17, 15) is 9.59 Å². The third-order valence-corrected chi connectivity index (χ3v) is 6.53. The standard InChI is InChI=1S/C26H34O7/c1-18(2)13-14-20-25(3,33-20)24-23(30-4)19(15-16-26(24)17-31-26)32-22(29)12-10-8-6-5-7-9-11-21(27)28/h5-13,19-20,23-24H,14-17H2,1-4H3,(H,27,28)/b7-5+,8-6+,11-9+,12-10+/t19?,20?,23?,24-,25-,26-/m0/s1. The van der Waals surface area contributed by atoms with E-state index in [0.717, 1.165) is 18.9 Å². The predicted molar refractivity (Wildman–Crippen MR) is 124 cm³/mol. The fourth-order valence-corrected chi connectivity index (χ4v) is 4.79. The summed E-state index contributed by atoms with van der Waals surface area (Å²) < 4.78 is 23.8. The summed E-state index contributed by atoms with van der Waals surface area (Å²) in [5.74, 6) is -1.45. The zero-order valence-electron chi connectivity index (χ0n) is 19.7. The number of aliphatic carboxylic acids is 1. The smallest absolute Gasteiger partial charge is 0.331 e. The summed E-state index contributed by atoms with van der Waals surface area (Å²) in [6.07, 6.45) is 16.0. The van der Waals surface area contributed by atoms with Crippen molar-refractivity contribution >= 4 is 11.9 Å². The van der Waals surface area contributed by atoms with E-state index in [1.165, 1.54) is 17.7 Å². The van der Waals surface area contributed by atoms with E-state index in [0.29, 0.717) is 13.0 Å². The third-order valence-electron chi connectivity index (χ3n) is 6.53. The molecule has 7 nitrogen and oxygen atoms in total. The molecule has 0 bridgehead atoms. The van der Waals surface area contributed by atoms with Crippen LogP contribution in [0.1, 0.15) is 40.0 Å². The summed E-state index contributed by atoms with van der Waals surface area (Å²) in [5.41, 5.74) is 0.642. The Labute approximate surface area is 195 Å². The van der Waals surface area contributed by atoms with Gasteiger partial charge in [-0.1, -0.05) is 48.1 Å². The lowest BCUT2D eigenvalue weighted by Gasteiger charge is -2.42. The van der Waals surface area contributed by atoms with Crippen LogP contribution in [0.3, 0.4) is 0 Å². The van der Waals surface area contributed by atoms with Gasteiger partial charge < -0.3 is 24.1 Å². The number of carbonyl (C=O) groups excluding carboxylic acids is 1. The van der Waals surface area contributed by atoms with Crippen LogP contribution in [-0.4, -0.2) is 60.3 Å². The minimum absolute atomic E-state index is 0.00928. The van der Waals surface area contributed by atoms with Crippen LogP contribution in [0.25, 0.3) is 0 Å². The quantitative estimate of drug-likeness (QED) is 0.174. The van der Waals surface area contributed by atoms with E-state index >= 15 is 0 Å². The number of carboxylic acids is 1. The van der Waals surface area contributed by atoms with Crippen molar-refractivity contribution in [3.63, 3.8) is 0 Å². The van der Waals surface area contributed by atoms with Gasteiger partial charge in [0.05, 0.1) is 18.6 Å². The van der Waals surface area contributed by atoms with Crippen LogP contribution in [-0.2, 0) is 28.5 Å². The van der Waals surface area contributed by atoms with Crippen molar-refractivity contribution in [3.8, 4) is 0 Å². The van der Waals surface area contributed by atoms with Gasteiger partial charge in [0.2, 0.25) is 0 Å². The predicted octanol–water partition coefficient (Wildman–Crippen LogP) is 3.92. The fourth-order valence-electron chi connectivity index (χ4n) is 4.79. The Bertz CT molecular complexity index is 873. The lowest BCUT2D eigenvalue weighted by Crippen LogP contribution is -2.55. The van der Waals surface area contributed by atoms with E-state index in [2.05, 4.69) is 26.8 Å². The Hall–Kier alpha value is -2.48. The van der Waals surface area contributed by atoms with Crippen molar-refractivity contribution in [1.29, 1.82) is 0 Å². The average Bonchev–Trinajstić information content (AvgIpc) is 3.67. The first-order valence-corrected chi connectivity index (χ1v) is 11.3. The number of epoxide rings is 2. The fraction of sp³-hybridized carbons (Fsp3) is 0.538. The molecule has 3 aliphatic rings. The molecule has 2 heterocycles. The first-order chi connectivity index (χ1) is 15.7. The lowest BCUT2D eigenvalue weighted by molar-refractivity contribution is -0.166. The molecule has 180 valence electrons. The molecule has 0 amide bonds. The summed E-state index contributed by atoms with van der Waals surface area (Å²) in [5, 5.41) is 8.51. The van der Waals surface area contributed by atoms with Gasteiger partial charge in [-0.25, -0.2) is 9.59 Å². The van der Waals surface area contributed by atoms with Gasteiger partial charge in [-0.2, -0.15) is 0 Å². The number of ether oxygens (including phenoxy) is 4. The SMILES string of the molecule is COC1C(OC(=O)/C=C/C=C/C=C/C=C/C(=O)O)CC[C@]2(CO2)[C@@H]1[C@@]1(C)OC1CC=C(C)C. The van der Waals surface area contributed by atoms with Crippen LogP contribution in [0.4, 0.5) is 0 Å². The average molecular weight is 459 g/mol. The number of allylic oxidation sites excluding steroid dienone is 7. The van der Waals surface area contributed by atoms with Gasteiger partial charge in [-0.3, -0.25) is 0 Å². The minimum atomic E-state index is -1.00. The Morgan fingerprint density at radius 3 is 2.30 bits per heavy atom. The second-order valence-corrected chi connectivity index (χ2v) is 9.18. The van der Waals surface area contributed by atoms with E-state index in [-0.39, 0.29) is 35.4 Å². The molecule has 0 aromatic heterocycles. The zero-order chi connectivity index (χ0) is 24.1. The van der Waals surface area contributed by atoms with E-state index < -0.39 is 11.9 Å². The van der Waals surface area contributed by atoms with Gasteiger partial charge in [-0.15, -0.1) is 0 Å². The minimum Gasteiger partial charge on any atom is -0.478 e. The highest BCUT2D eigenvalue weighted by molar-refractivity contribution is 5.82. The van der Waals surface area contributed by atoms with E-state index in [1.807, 2.05) is 0 Å². The van der Waals surface area contributed by atoms with Crippen molar-refractivity contribution in [2.45, 2.75) is 69.5 Å². The number of methoxy groups -OCH3 is 1. The molecule has 0 aromatic carbocycles. The second kappa shape index (κ2) is 10.6. The summed E-state index contributed by atoms with van der Waals surface area (Å²) in [6, 6.07) is 0. The number of hydrogen-bond donors (Lipinski definition) is 1. The Balaban J connectivity index is 1.59. The van der Waals surface area contributed by atoms with Gasteiger partial charge >= 0.3 is 11.9 Å². The van der Waals surface area contributed by atoms with Crippen molar-refractivity contribution < 1.29 is 33.6 Å². The first-order valence-electron chi connectivity index (χ1n) is 11.3. The summed E-state index contributed by atoms with van der Waals surface area (Å²) in [6.45, 7) is 6.96. The molecule has 1 N–H and O–H groups in total. The van der Waals surface area contributed by atoms with Crippen molar-refractivity contribution in [3.05, 3.63) is 60.3 Å². The summed E-state index contributed by atoms with van der Waals surface area (Å²) >= 11 is 0. The van der Waals surface area contributed by atoms with Gasteiger partial charge in [0.25, 0.3) is 0 Å². The van der Waals surface area contributed by atoms with Crippen LogP contribution in [0.15, 0.2) is 60.3 Å². The highest BCUT2D eigenvalue weighted by Crippen LogP contribution is 2.59. The molecule has 3 fully saturated rings. The largest absolute Gasteiger partial charge is 0.478 e. The molecule has 2 saturated heterocycles. The van der Waals surface area contributed by atoms with Gasteiger partial charge in [0, 0.05) is 19.3 Å². The number of carboxylic acid groups (broad SMARTS) is 1. The maximum absolute atomic E-state index is 12.4. The molecule has 1 spiro atoms. The molecule has 0 aromatic rings. The maximum Gasteiger partial charge on any atom is 0.331 e. The summed E-state index contributed by atoms with van der Waals surface area (Å²) in [7, 11) is 1.65. The van der Waals surface area contributed by atoms with Crippen LogP contribution >= 0.6 is 0 Å². The van der Waals surface area contributed by atoms with Gasteiger partial charge in [0.15, 0.2) is 0 Å². The monoisotopic (exact) mass is 458 g/mol. The van der Waals surface area contributed by atoms with Crippen molar-refractivity contribution in [1.82, 2.24) is 0 Å². The van der Waals surface area contributed by atoms with Crippen molar-refractivity contribution in [2.75, 3.05) is 13.7 Å². The number of esters is 1. The Morgan fingerprint density at radius 1 is 1.09 bits per heavy atom. The lowest BCUT2D eigenvalue weighted by atomic mass is 9.68. The van der Waals surface area contributed by atoms with Crippen molar-refractivity contribution in [2.24, 2.45) is 5.92 Å². The molecule has 1 saturated carbocycles. The van der Waals surface area contributed by atoms with Gasteiger partial charge in [0.1, 0.15) is 23.4 Å². The molecule has 1 aliphatic carbocycles. The summed E-state index contributed by atoms with van der Waals surface area (Å²) in [4.78, 5) is 22.8. The van der Waals surface area contributed by atoms with Crippen LogP contribution in [0.2, 0.25) is 0 Å². The second-order valence-electron chi connectivity index (χ2n) is 9.18. The van der Waals surface area contributed by atoms with Crippen LogP contribution in [0.5, 0.6) is 0 Å². The van der Waals surface area contributed by atoms with Crippen LogP contribution < -0.4 is 0 Å². The third kappa shape index (κ3) is 6.31. The Kier molecular flexibility index (Phi) is 8.10. The van der Waals surface area contributed by atoms with Gasteiger partial charge in [-0.05, 0) is 40.0 Å². The highest BCUT2D eigenvalue weighted by atomic mass is 16.6. The number of hydrogen-bond acceptors (Lipinski definition) is 6. The molecule has 3 rings (SSSR count). The first kappa shape index (κ1) is 25.1. The number of rotatable bonds is 10. The topological polar surface area (TPSA) is 97.9 Å². The maximum atomic E-state index is 12.4. The molecule has 7 heteroatoms. The number of carbonyl (C=O) groups is 2. The molecular weight excluding hydrogens is 424 g/mol. The highest BCUT2D eigenvalue weighted by Gasteiger charge is 2.72. The molecule has 33 heavy (non-hydrogen) atoms. The molecule has 2 aliphatic heterocycles. The van der Waals surface area contributed by atoms with E-state index in [1.54, 1.807) is 37.5 Å². The van der Waals surface area contributed by atoms with Crippen LogP contribution in [0, 0.1) is 5.92 Å². The van der Waals surface area contributed by atoms with E-state index in [4.69, 9.17) is 24.1 Å².